The van der Waals surface area contributed by atoms with Gasteiger partial charge in [0.05, 0.1) is 6.04 Å². The molecule has 1 aliphatic rings. The summed E-state index contributed by atoms with van der Waals surface area (Å²) in [5.41, 5.74) is 3.11. The number of aromatic nitrogens is 5. The number of anilines is 1. The normalized spacial score (nSPS) is 16.7. The number of hydrogen-bond acceptors (Lipinski definition) is 7. The lowest BCUT2D eigenvalue weighted by Gasteiger charge is -2.37. The quantitative estimate of drug-likeness (QED) is 0.690. The summed E-state index contributed by atoms with van der Waals surface area (Å²) in [7, 11) is 2.02. The van der Waals surface area contributed by atoms with Gasteiger partial charge in [0.25, 0.3) is 0 Å². The van der Waals surface area contributed by atoms with Crippen molar-refractivity contribution >= 4 is 17.3 Å². The summed E-state index contributed by atoms with van der Waals surface area (Å²) < 4.78 is 2.05. The molecule has 1 aliphatic heterocycles. The Hall–Kier alpha value is -2.32. The van der Waals surface area contributed by atoms with E-state index in [9.17, 15) is 0 Å². The molecule has 3 aromatic heterocycles. The minimum atomic E-state index is 0.358. The van der Waals surface area contributed by atoms with Crippen LogP contribution in [-0.2, 0) is 7.05 Å². The third kappa shape index (κ3) is 3.46. The van der Waals surface area contributed by atoms with E-state index in [1.165, 1.54) is 5.01 Å². The molecule has 1 unspecified atom stereocenters. The average molecular weight is 384 g/mol. The molecule has 7 nitrogen and oxygen atoms in total. The van der Waals surface area contributed by atoms with Crippen LogP contribution in [-0.4, -0.2) is 55.8 Å². The van der Waals surface area contributed by atoms with Crippen molar-refractivity contribution in [3.63, 3.8) is 0 Å². The van der Waals surface area contributed by atoms with Crippen molar-refractivity contribution < 1.29 is 0 Å². The first-order chi connectivity index (χ1) is 13.0. The van der Waals surface area contributed by atoms with Crippen LogP contribution in [0.4, 0.5) is 5.95 Å². The van der Waals surface area contributed by atoms with E-state index >= 15 is 0 Å². The van der Waals surface area contributed by atoms with E-state index in [1.54, 1.807) is 17.5 Å². The average Bonchev–Trinajstić information content (AvgIpc) is 3.28. The predicted molar refractivity (Wildman–Crippen MR) is 108 cm³/mol. The summed E-state index contributed by atoms with van der Waals surface area (Å²) in [4.78, 5) is 13.9. The maximum atomic E-state index is 4.65. The van der Waals surface area contributed by atoms with Crippen LogP contribution in [0.15, 0.2) is 23.7 Å². The van der Waals surface area contributed by atoms with E-state index in [1.807, 2.05) is 13.1 Å². The van der Waals surface area contributed by atoms with Crippen LogP contribution in [0.2, 0.25) is 0 Å². The number of aryl methyl sites for hydroxylation is 2. The fourth-order valence-electron chi connectivity index (χ4n) is 3.55. The van der Waals surface area contributed by atoms with Gasteiger partial charge in [0, 0.05) is 50.5 Å². The minimum absolute atomic E-state index is 0.358. The molecular weight excluding hydrogens is 358 g/mol. The topological polar surface area (TPSA) is 63.0 Å². The highest BCUT2D eigenvalue weighted by Gasteiger charge is 2.26. The van der Waals surface area contributed by atoms with Gasteiger partial charge < -0.3 is 4.90 Å². The Bertz CT molecular complexity index is 924. The van der Waals surface area contributed by atoms with Crippen molar-refractivity contribution in [1.82, 2.24) is 29.6 Å². The molecule has 0 saturated carbocycles. The highest BCUT2D eigenvalue weighted by Crippen LogP contribution is 2.27. The number of piperazine rings is 1. The fourth-order valence-corrected chi connectivity index (χ4v) is 4.44. The van der Waals surface area contributed by atoms with E-state index in [2.05, 4.69) is 66.7 Å². The van der Waals surface area contributed by atoms with Crippen molar-refractivity contribution in [2.75, 3.05) is 31.1 Å². The van der Waals surface area contributed by atoms with Crippen LogP contribution in [0.25, 0.3) is 11.5 Å². The zero-order chi connectivity index (χ0) is 19.0. The van der Waals surface area contributed by atoms with Gasteiger partial charge in [-0.15, -0.1) is 21.5 Å². The third-order valence-corrected chi connectivity index (χ3v) is 6.34. The molecule has 0 aromatic carbocycles. The summed E-state index contributed by atoms with van der Waals surface area (Å²) in [6.07, 6.45) is 1.80. The Morgan fingerprint density at radius 1 is 1.11 bits per heavy atom. The lowest BCUT2D eigenvalue weighted by molar-refractivity contribution is 0.197. The Morgan fingerprint density at radius 2 is 1.89 bits per heavy atom. The van der Waals surface area contributed by atoms with Crippen LogP contribution in [0.5, 0.6) is 0 Å². The highest BCUT2D eigenvalue weighted by atomic mass is 32.1. The van der Waals surface area contributed by atoms with Crippen molar-refractivity contribution in [3.05, 3.63) is 40.0 Å². The molecule has 142 valence electrons. The first kappa shape index (κ1) is 18.1. The van der Waals surface area contributed by atoms with Crippen molar-refractivity contribution in [2.24, 2.45) is 7.05 Å². The molecule has 0 amide bonds. The molecule has 0 radical (unpaired) electrons. The number of nitrogens with zero attached hydrogens (tertiary/aromatic N) is 7. The lowest BCUT2D eigenvalue weighted by atomic mass is 10.2. The van der Waals surface area contributed by atoms with E-state index in [0.29, 0.717) is 6.04 Å². The Balaban J connectivity index is 1.47. The van der Waals surface area contributed by atoms with Crippen LogP contribution in [0.3, 0.4) is 0 Å². The van der Waals surface area contributed by atoms with Crippen molar-refractivity contribution in [1.29, 1.82) is 0 Å². The number of rotatable bonds is 4. The Kier molecular flexibility index (Phi) is 4.92. The monoisotopic (exact) mass is 383 g/mol. The molecule has 0 bridgehead atoms. The van der Waals surface area contributed by atoms with Crippen LogP contribution in [0, 0.1) is 13.8 Å². The second-order valence-corrected chi connectivity index (χ2v) is 7.97. The van der Waals surface area contributed by atoms with Gasteiger partial charge in [-0.1, -0.05) is 6.07 Å². The Labute approximate surface area is 163 Å². The van der Waals surface area contributed by atoms with Crippen molar-refractivity contribution in [3.8, 4) is 11.5 Å². The van der Waals surface area contributed by atoms with Gasteiger partial charge in [0.15, 0.2) is 5.82 Å². The molecule has 0 aliphatic carbocycles. The van der Waals surface area contributed by atoms with Gasteiger partial charge in [-0.25, -0.2) is 4.98 Å². The second-order valence-electron chi connectivity index (χ2n) is 7.08. The smallest absolute Gasteiger partial charge is 0.227 e. The maximum Gasteiger partial charge on any atom is 0.227 e. The van der Waals surface area contributed by atoms with Crippen LogP contribution < -0.4 is 4.90 Å². The summed E-state index contributed by atoms with van der Waals surface area (Å²) >= 11 is 1.75. The van der Waals surface area contributed by atoms with E-state index < -0.39 is 0 Å². The van der Waals surface area contributed by atoms with Crippen molar-refractivity contribution in [2.45, 2.75) is 26.8 Å². The molecule has 1 atom stereocenters. The van der Waals surface area contributed by atoms with Gasteiger partial charge in [-0.2, -0.15) is 0 Å². The zero-order valence-electron chi connectivity index (χ0n) is 16.3. The molecule has 4 heterocycles. The van der Waals surface area contributed by atoms with E-state index in [0.717, 1.165) is 54.9 Å². The molecule has 0 N–H and O–H groups in total. The van der Waals surface area contributed by atoms with Gasteiger partial charge >= 0.3 is 0 Å². The fraction of sp³-hybridized carbons (Fsp3) is 0.474. The van der Waals surface area contributed by atoms with Gasteiger partial charge in [-0.3, -0.25) is 14.5 Å². The molecule has 4 rings (SSSR count). The van der Waals surface area contributed by atoms with E-state index in [-0.39, 0.29) is 0 Å². The van der Waals surface area contributed by atoms with Gasteiger partial charge in [0.2, 0.25) is 5.95 Å². The first-order valence-electron chi connectivity index (χ1n) is 9.27. The first-order valence-corrected chi connectivity index (χ1v) is 10.1. The Morgan fingerprint density at radius 3 is 2.56 bits per heavy atom. The lowest BCUT2D eigenvalue weighted by Crippen LogP contribution is -2.48. The SMILES string of the molecule is Cc1csc(C(C)N2CCN(c3nnc(-c4ncccc4C)n3C)CC2)n1. The largest absolute Gasteiger partial charge is 0.338 e. The van der Waals surface area contributed by atoms with Gasteiger partial charge in [0.1, 0.15) is 10.7 Å². The molecule has 8 heteroatoms. The van der Waals surface area contributed by atoms with Crippen LogP contribution >= 0.6 is 11.3 Å². The maximum absolute atomic E-state index is 4.65. The van der Waals surface area contributed by atoms with Crippen LogP contribution in [0.1, 0.15) is 29.2 Å². The molecule has 1 fully saturated rings. The predicted octanol–water partition coefficient (Wildman–Crippen LogP) is 2.83. The third-order valence-electron chi connectivity index (χ3n) is 5.21. The second kappa shape index (κ2) is 7.36. The molecule has 27 heavy (non-hydrogen) atoms. The summed E-state index contributed by atoms with van der Waals surface area (Å²) in [5, 5.41) is 12.2. The number of hydrogen-bond donors (Lipinski definition) is 0. The molecule has 0 spiro atoms. The summed E-state index contributed by atoms with van der Waals surface area (Å²) in [6, 6.07) is 4.36. The van der Waals surface area contributed by atoms with E-state index in [4.69, 9.17) is 0 Å². The molecular formula is C19H25N7S. The number of pyridine rings is 1. The standard InChI is InChI=1S/C19H25N7S/c1-13-6-5-7-20-16(13)17-22-23-19(24(17)4)26-10-8-25(9-11-26)15(3)18-21-14(2)12-27-18/h5-7,12,15H,8-11H2,1-4H3. The minimum Gasteiger partial charge on any atom is -0.338 e. The highest BCUT2D eigenvalue weighted by molar-refractivity contribution is 7.09. The molecule has 1 saturated heterocycles. The summed E-state index contributed by atoms with van der Waals surface area (Å²) in [5.74, 6) is 1.73. The van der Waals surface area contributed by atoms with Gasteiger partial charge in [-0.05, 0) is 32.4 Å². The summed E-state index contributed by atoms with van der Waals surface area (Å²) in [6.45, 7) is 10.2. The number of thiazole rings is 1. The zero-order valence-corrected chi connectivity index (χ0v) is 17.1. The molecule has 3 aromatic rings.